The van der Waals surface area contributed by atoms with Gasteiger partial charge in [0.05, 0.1) is 26.5 Å². The Labute approximate surface area is 139 Å². The van der Waals surface area contributed by atoms with Gasteiger partial charge in [0, 0.05) is 0 Å². The van der Waals surface area contributed by atoms with Crippen LogP contribution in [0.5, 0.6) is 0 Å². The van der Waals surface area contributed by atoms with Crippen molar-refractivity contribution in [3.05, 3.63) is 53.5 Å². The molecule has 2 heterocycles. The largest absolute Gasteiger partial charge is 0.238 e. The second-order valence-electron chi connectivity index (χ2n) is 4.73. The Morgan fingerprint density at radius 2 is 1.57 bits per heavy atom. The molecule has 0 amide bonds. The molecule has 7 heteroatoms. The van der Waals surface area contributed by atoms with E-state index in [4.69, 9.17) is 0 Å². The number of nitrogens with zero attached hydrogens (tertiary/aromatic N) is 5. The van der Waals surface area contributed by atoms with Crippen LogP contribution in [-0.4, -0.2) is 9.97 Å². The first kappa shape index (κ1) is 13.9. The summed E-state index contributed by atoms with van der Waals surface area (Å²) in [6.45, 7) is 0. The van der Waals surface area contributed by atoms with Gasteiger partial charge < -0.3 is 0 Å². The zero-order valence-corrected chi connectivity index (χ0v) is 13.4. The molecule has 0 saturated heterocycles. The van der Waals surface area contributed by atoms with E-state index in [9.17, 15) is 5.26 Å². The Balaban J connectivity index is 1.65. The molecule has 2 aromatic heterocycles. The highest BCUT2D eigenvalue weighted by atomic mass is 32.1. The van der Waals surface area contributed by atoms with Gasteiger partial charge in [-0.05, 0) is 24.3 Å². The molecule has 0 saturated carbocycles. The van der Waals surface area contributed by atoms with Crippen molar-refractivity contribution < 1.29 is 0 Å². The van der Waals surface area contributed by atoms with Gasteiger partial charge in [0.1, 0.15) is 5.01 Å². The fourth-order valence-corrected chi connectivity index (χ4v) is 3.89. The van der Waals surface area contributed by atoms with Crippen molar-refractivity contribution in [3.63, 3.8) is 0 Å². The molecule has 0 aliphatic carbocycles. The summed E-state index contributed by atoms with van der Waals surface area (Å²) < 4.78 is 2.09. The van der Waals surface area contributed by atoms with E-state index < -0.39 is 6.04 Å². The van der Waals surface area contributed by atoms with E-state index in [0.717, 1.165) is 20.4 Å². The lowest BCUT2D eigenvalue weighted by atomic mass is 10.3. The van der Waals surface area contributed by atoms with Crippen LogP contribution in [-0.2, 0) is 0 Å². The minimum atomic E-state index is -0.709. The van der Waals surface area contributed by atoms with Crippen molar-refractivity contribution in [3.8, 4) is 6.07 Å². The number of aromatic nitrogens is 2. The molecule has 1 unspecified atom stereocenters. The highest BCUT2D eigenvalue weighted by Crippen LogP contribution is 2.31. The van der Waals surface area contributed by atoms with Gasteiger partial charge in [-0.3, -0.25) is 0 Å². The lowest BCUT2D eigenvalue weighted by Gasteiger charge is -1.94. The molecule has 0 spiro atoms. The number of rotatable bonds is 3. The second-order valence-corrected chi connectivity index (χ2v) is 6.80. The number of hydrogen-bond acceptors (Lipinski definition) is 7. The zero-order valence-electron chi connectivity index (χ0n) is 11.7. The molecule has 5 nitrogen and oxygen atoms in total. The number of thiazole rings is 2. The molecule has 0 N–H and O–H groups in total. The fraction of sp³-hybridized carbons (Fsp3) is 0.0625. The first-order valence-electron chi connectivity index (χ1n) is 6.85. The summed E-state index contributed by atoms with van der Waals surface area (Å²) in [4.78, 5) is 8.85. The Hall–Kier alpha value is -2.69. The minimum absolute atomic E-state index is 0.549. The van der Waals surface area contributed by atoms with Crippen molar-refractivity contribution >= 4 is 48.2 Å². The second kappa shape index (κ2) is 5.83. The summed E-state index contributed by atoms with van der Waals surface area (Å²) in [6, 6.07) is 17.0. The van der Waals surface area contributed by atoms with Gasteiger partial charge in [0.15, 0.2) is 0 Å². The molecule has 4 rings (SSSR count). The van der Waals surface area contributed by atoms with Crippen LogP contribution in [0, 0.1) is 11.3 Å². The summed E-state index contributed by atoms with van der Waals surface area (Å²) in [6.07, 6.45) is 0. The molecule has 0 aliphatic heterocycles. The van der Waals surface area contributed by atoms with Crippen LogP contribution in [0.3, 0.4) is 0 Å². The normalized spacial score (nSPS) is 12.8. The molecule has 0 fully saturated rings. The van der Waals surface area contributed by atoms with Gasteiger partial charge in [-0.2, -0.15) is 10.4 Å². The molecule has 0 aliphatic rings. The van der Waals surface area contributed by atoms with Crippen LogP contribution in [0.25, 0.3) is 20.4 Å². The Kier molecular flexibility index (Phi) is 3.54. The summed E-state index contributed by atoms with van der Waals surface area (Å²) in [5, 5.41) is 18.8. The highest BCUT2D eigenvalue weighted by molar-refractivity contribution is 7.21. The van der Waals surface area contributed by atoms with Crippen molar-refractivity contribution in [2.45, 2.75) is 6.04 Å². The summed E-state index contributed by atoms with van der Waals surface area (Å²) >= 11 is 2.92. The third-order valence-electron chi connectivity index (χ3n) is 3.21. The minimum Gasteiger partial charge on any atom is -0.238 e. The number of fused-ring (bicyclic) bond motifs is 2. The summed E-state index contributed by atoms with van der Waals surface area (Å²) in [7, 11) is 0. The van der Waals surface area contributed by atoms with Crippen LogP contribution >= 0.6 is 22.7 Å². The van der Waals surface area contributed by atoms with E-state index in [1.807, 2.05) is 48.5 Å². The third-order valence-corrected chi connectivity index (χ3v) is 5.22. The van der Waals surface area contributed by atoms with Gasteiger partial charge >= 0.3 is 0 Å². The Morgan fingerprint density at radius 3 is 2.22 bits per heavy atom. The van der Waals surface area contributed by atoms with Crippen molar-refractivity contribution in [2.24, 2.45) is 10.2 Å². The molecule has 23 heavy (non-hydrogen) atoms. The molecular weight excluding hydrogens is 326 g/mol. The summed E-state index contributed by atoms with van der Waals surface area (Å²) in [5.41, 5.74) is 1.77. The van der Waals surface area contributed by atoms with E-state index in [0.29, 0.717) is 10.1 Å². The van der Waals surface area contributed by atoms with Crippen LogP contribution in [0.2, 0.25) is 0 Å². The topological polar surface area (TPSA) is 74.3 Å². The maximum Gasteiger partial charge on any atom is 0.230 e. The van der Waals surface area contributed by atoms with Crippen molar-refractivity contribution in [1.82, 2.24) is 9.97 Å². The Bertz CT molecular complexity index is 991. The van der Waals surface area contributed by atoms with E-state index in [2.05, 4.69) is 26.3 Å². The molecule has 1 atom stereocenters. The highest BCUT2D eigenvalue weighted by Gasteiger charge is 2.15. The van der Waals surface area contributed by atoms with Gasteiger partial charge in [0.2, 0.25) is 11.2 Å². The van der Waals surface area contributed by atoms with E-state index >= 15 is 0 Å². The maximum atomic E-state index is 9.37. The summed E-state index contributed by atoms with van der Waals surface area (Å²) in [5.74, 6) is 0. The van der Waals surface area contributed by atoms with E-state index in [1.165, 1.54) is 22.7 Å². The van der Waals surface area contributed by atoms with E-state index in [-0.39, 0.29) is 0 Å². The molecule has 110 valence electrons. The Morgan fingerprint density at radius 1 is 0.913 bits per heavy atom. The maximum absolute atomic E-state index is 9.37. The molecule has 4 aromatic rings. The number of para-hydroxylation sites is 2. The van der Waals surface area contributed by atoms with Crippen LogP contribution in [0.15, 0.2) is 58.8 Å². The lowest BCUT2D eigenvalue weighted by molar-refractivity contribution is 0.843. The fourth-order valence-electron chi connectivity index (χ4n) is 2.15. The predicted octanol–water partition coefficient (Wildman–Crippen LogP) is 5.25. The number of nitriles is 1. The monoisotopic (exact) mass is 335 g/mol. The van der Waals surface area contributed by atoms with Crippen LogP contribution in [0.4, 0.5) is 5.13 Å². The van der Waals surface area contributed by atoms with Crippen molar-refractivity contribution in [1.29, 1.82) is 5.26 Å². The standard InChI is InChI=1S/C16H9N5S2/c17-9-12(15-18-10-5-1-3-7-13(10)22-15)20-21-16-19-11-6-2-4-8-14(11)23-16/h1-8,12H. The van der Waals surface area contributed by atoms with Crippen molar-refractivity contribution in [2.75, 3.05) is 0 Å². The molecule has 2 aromatic carbocycles. The third kappa shape index (κ3) is 2.70. The molecule has 0 bridgehead atoms. The average Bonchev–Trinajstić information content (AvgIpc) is 3.18. The number of benzene rings is 2. The predicted molar refractivity (Wildman–Crippen MR) is 92.1 cm³/mol. The zero-order chi connectivity index (χ0) is 15.6. The molecule has 0 radical (unpaired) electrons. The van der Waals surface area contributed by atoms with Gasteiger partial charge in [-0.15, -0.1) is 16.5 Å². The number of azo groups is 1. The first-order valence-corrected chi connectivity index (χ1v) is 8.48. The average molecular weight is 335 g/mol. The van der Waals surface area contributed by atoms with Crippen LogP contribution < -0.4 is 0 Å². The quantitative estimate of drug-likeness (QED) is 0.480. The van der Waals surface area contributed by atoms with Gasteiger partial charge in [0.25, 0.3) is 0 Å². The van der Waals surface area contributed by atoms with Gasteiger partial charge in [-0.25, -0.2) is 9.97 Å². The van der Waals surface area contributed by atoms with Gasteiger partial charge in [-0.1, -0.05) is 35.6 Å². The number of hydrogen-bond donors (Lipinski definition) is 0. The van der Waals surface area contributed by atoms with E-state index in [1.54, 1.807) is 0 Å². The molecular formula is C16H9N5S2. The van der Waals surface area contributed by atoms with Crippen LogP contribution in [0.1, 0.15) is 11.0 Å². The lowest BCUT2D eigenvalue weighted by Crippen LogP contribution is -1.88. The smallest absolute Gasteiger partial charge is 0.230 e. The first-order chi connectivity index (χ1) is 11.3. The SMILES string of the molecule is N#CC(N=Nc1nc2ccccc2s1)c1nc2ccccc2s1.